The number of hydrogen-bond acceptors (Lipinski definition) is 4. The summed E-state index contributed by atoms with van der Waals surface area (Å²) < 4.78 is 0. The summed E-state index contributed by atoms with van der Waals surface area (Å²) in [5.74, 6) is 0.0551. The van der Waals surface area contributed by atoms with Gasteiger partial charge in [-0.15, -0.1) is 0 Å². The van der Waals surface area contributed by atoms with Crippen molar-refractivity contribution in [3.05, 3.63) is 47.8 Å². The van der Waals surface area contributed by atoms with Crippen LogP contribution >= 0.6 is 0 Å². The molecule has 1 atom stereocenters. The fourth-order valence-electron chi connectivity index (χ4n) is 3.13. The molecule has 1 unspecified atom stereocenters. The first kappa shape index (κ1) is 13.1. The molecule has 0 fully saturated rings. The van der Waals surface area contributed by atoms with Gasteiger partial charge in [0.05, 0.1) is 16.8 Å². The summed E-state index contributed by atoms with van der Waals surface area (Å²) in [7, 11) is 0. The zero-order valence-electron chi connectivity index (χ0n) is 12.6. The third-order valence-corrected chi connectivity index (χ3v) is 4.50. The van der Waals surface area contributed by atoms with Crippen LogP contribution in [0.25, 0.3) is 0 Å². The lowest BCUT2D eigenvalue weighted by molar-refractivity contribution is -0.119. The van der Waals surface area contributed by atoms with Crippen LogP contribution < -0.4 is 16.0 Å². The first-order valence-electron chi connectivity index (χ1n) is 7.46. The summed E-state index contributed by atoms with van der Waals surface area (Å²) in [5.41, 5.74) is 4.81. The fourth-order valence-corrected chi connectivity index (χ4v) is 3.13. The number of benzene rings is 1. The van der Waals surface area contributed by atoms with E-state index in [1.54, 1.807) is 0 Å². The summed E-state index contributed by atoms with van der Waals surface area (Å²) >= 11 is 0. The summed E-state index contributed by atoms with van der Waals surface area (Å²) in [5, 5.41) is 9.93. The molecule has 0 radical (unpaired) electrons. The molecule has 0 aliphatic carbocycles. The zero-order chi connectivity index (χ0) is 15.3. The topological polar surface area (TPSA) is 66.0 Å². The van der Waals surface area contributed by atoms with Gasteiger partial charge in [0.25, 0.3) is 0 Å². The third-order valence-electron chi connectivity index (χ3n) is 4.50. The summed E-state index contributed by atoms with van der Waals surface area (Å²) in [6.07, 6.45) is 4.64. The SMILES string of the molecule is CC1(C)C(=O)Nc2cc3c(cc21)NC(Cc1ccncc1)N3. The predicted octanol–water partition coefficient (Wildman–Crippen LogP) is 2.72. The van der Waals surface area contributed by atoms with Crippen LogP contribution in [0.5, 0.6) is 0 Å². The maximum absolute atomic E-state index is 12.0. The third kappa shape index (κ3) is 1.93. The number of pyridine rings is 1. The highest BCUT2D eigenvalue weighted by Gasteiger charge is 2.39. The fraction of sp³-hybridized carbons (Fsp3) is 0.294. The van der Waals surface area contributed by atoms with Crippen LogP contribution in [0.1, 0.15) is 25.0 Å². The Morgan fingerprint density at radius 2 is 1.77 bits per heavy atom. The predicted molar refractivity (Wildman–Crippen MR) is 87.1 cm³/mol. The van der Waals surface area contributed by atoms with E-state index in [4.69, 9.17) is 0 Å². The second-order valence-corrected chi connectivity index (χ2v) is 6.42. The van der Waals surface area contributed by atoms with Crippen molar-refractivity contribution in [1.82, 2.24) is 4.98 Å². The highest BCUT2D eigenvalue weighted by atomic mass is 16.2. The van der Waals surface area contributed by atoms with Crippen molar-refractivity contribution < 1.29 is 4.79 Å². The molecule has 0 saturated heterocycles. The highest BCUT2D eigenvalue weighted by molar-refractivity contribution is 6.07. The van der Waals surface area contributed by atoms with Gasteiger partial charge in [-0.2, -0.15) is 0 Å². The maximum Gasteiger partial charge on any atom is 0.234 e. The van der Waals surface area contributed by atoms with E-state index in [1.165, 1.54) is 5.56 Å². The number of aromatic nitrogens is 1. The van der Waals surface area contributed by atoms with Crippen molar-refractivity contribution in [3.8, 4) is 0 Å². The van der Waals surface area contributed by atoms with Gasteiger partial charge in [-0.3, -0.25) is 9.78 Å². The maximum atomic E-state index is 12.0. The number of amides is 1. The summed E-state index contributed by atoms with van der Waals surface area (Å²) in [4.78, 5) is 16.1. The van der Waals surface area contributed by atoms with E-state index in [1.807, 2.05) is 44.4 Å². The molecule has 0 bridgehead atoms. The highest BCUT2D eigenvalue weighted by Crippen LogP contribution is 2.43. The molecule has 2 aromatic rings. The van der Waals surface area contributed by atoms with E-state index in [0.717, 1.165) is 29.0 Å². The van der Waals surface area contributed by atoms with Crippen molar-refractivity contribution in [2.45, 2.75) is 31.8 Å². The number of nitrogens with zero attached hydrogens (tertiary/aromatic N) is 1. The van der Waals surface area contributed by atoms with E-state index in [9.17, 15) is 4.79 Å². The molecule has 1 aromatic heterocycles. The van der Waals surface area contributed by atoms with Crippen LogP contribution in [-0.4, -0.2) is 17.1 Å². The van der Waals surface area contributed by atoms with Gasteiger partial charge in [-0.1, -0.05) is 0 Å². The second kappa shape index (κ2) is 4.47. The average Bonchev–Trinajstić information content (AvgIpc) is 2.97. The molecular weight excluding hydrogens is 276 g/mol. The smallest absolute Gasteiger partial charge is 0.234 e. The van der Waals surface area contributed by atoms with E-state index >= 15 is 0 Å². The van der Waals surface area contributed by atoms with Gasteiger partial charge in [-0.25, -0.2) is 0 Å². The number of rotatable bonds is 2. The van der Waals surface area contributed by atoms with Crippen LogP contribution in [0.2, 0.25) is 0 Å². The number of fused-ring (bicyclic) bond motifs is 2. The van der Waals surface area contributed by atoms with Gasteiger partial charge in [-0.05, 0) is 49.2 Å². The molecule has 3 heterocycles. The van der Waals surface area contributed by atoms with E-state index < -0.39 is 5.41 Å². The molecule has 2 aliphatic heterocycles. The zero-order valence-corrected chi connectivity index (χ0v) is 12.6. The van der Waals surface area contributed by atoms with Gasteiger partial charge in [0.2, 0.25) is 5.91 Å². The summed E-state index contributed by atoms with van der Waals surface area (Å²) in [6, 6.07) is 8.16. The van der Waals surface area contributed by atoms with Crippen molar-refractivity contribution in [3.63, 3.8) is 0 Å². The van der Waals surface area contributed by atoms with Crippen LogP contribution in [-0.2, 0) is 16.6 Å². The molecule has 5 nitrogen and oxygen atoms in total. The monoisotopic (exact) mass is 294 g/mol. The molecule has 1 aromatic carbocycles. The lowest BCUT2D eigenvalue weighted by Crippen LogP contribution is -2.27. The molecular formula is C17H18N4O. The molecule has 5 heteroatoms. The molecule has 1 amide bonds. The Morgan fingerprint density at radius 1 is 1.09 bits per heavy atom. The lowest BCUT2D eigenvalue weighted by atomic mass is 9.86. The molecule has 22 heavy (non-hydrogen) atoms. The number of carbonyl (C=O) groups excluding carboxylic acids is 1. The Bertz CT molecular complexity index is 755. The van der Waals surface area contributed by atoms with Crippen molar-refractivity contribution >= 4 is 23.0 Å². The van der Waals surface area contributed by atoms with E-state index in [0.29, 0.717) is 0 Å². The number of hydrogen-bond donors (Lipinski definition) is 3. The van der Waals surface area contributed by atoms with Gasteiger partial charge < -0.3 is 16.0 Å². The molecule has 2 aliphatic rings. The van der Waals surface area contributed by atoms with Gasteiger partial charge in [0.1, 0.15) is 6.17 Å². The van der Waals surface area contributed by atoms with Crippen molar-refractivity contribution in [1.29, 1.82) is 0 Å². The Hall–Kier alpha value is -2.56. The van der Waals surface area contributed by atoms with Gasteiger partial charge in [0.15, 0.2) is 0 Å². The van der Waals surface area contributed by atoms with Crippen LogP contribution in [0.15, 0.2) is 36.7 Å². The minimum absolute atomic E-state index is 0.0551. The van der Waals surface area contributed by atoms with Crippen LogP contribution in [0, 0.1) is 0 Å². The van der Waals surface area contributed by atoms with E-state index in [-0.39, 0.29) is 12.1 Å². The Morgan fingerprint density at radius 3 is 2.50 bits per heavy atom. The minimum Gasteiger partial charge on any atom is -0.363 e. The minimum atomic E-state index is -0.477. The van der Waals surface area contributed by atoms with Gasteiger partial charge >= 0.3 is 0 Å². The second-order valence-electron chi connectivity index (χ2n) is 6.42. The Kier molecular flexibility index (Phi) is 2.66. The normalized spacial score (nSPS) is 20.6. The number of nitrogens with one attached hydrogen (secondary N) is 3. The average molecular weight is 294 g/mol. The quantitative estimate of drug-likeness (QED) is 0.797. The van der Waals surface area contributed by atoms with E-state index in [2.05, 4.69) is 27.0 Å². The molecule has 112 valence electrons. The van der Waals surface area contributed by atoms with Crippen LogP contribution in [0.4, 0.5) is 17.1 Å². The lowest BCUT2D eigenvalue weighted by Gasteiger charge is -2.15. The Balaban J connectivity index is 1.60. The van der Waals surface area contributed by atoms with Crippen LogP contribution in [0.3, 0.4) is 0 Å². The molecule has 3 N–H and O–H groups in total. The molecule has 4 rings (SSSR count). The number of carbonyl (C=O) groups is 1. The summed E-state index contributed by atoms with van der Waals surface area (Å²) in [6.45, 7) is 3.91. The van der Waals surface area contributed by atoms with Crippen molar-refractivity contribution in [2.24, 2.45) is 0 Å². The molecule has 0 spiro atoms. The first-order valence-corrected chi connectivity index (χ1v) is 7.46. The Labute approximate surface area is 129 Å². The number of anilines is 3. The van der Waals surface area contributed by atoms with Gasteiger partial charge in [0, 0.05) is 24.5 Å². The molecule has 0 saturated carbocycles. The van der Waals surface area contributed by atoms with Crippen molar-refractivity contribution in [2.75, 3.05) is 16.0 Å². The standard InChI is InChI=1S/C17H18N4O/c1-17(2)11-8-13-14(9-12(11)21-16(17)22)20-15(19-13)7-10-3-5-18-6-4-10/h3-6,8-9,15,19-20H,7H2,1-2H3,(H,21,22). The first-order chi connectivity index (χ1) is 10.5. The largest absolute Gasteiger partial charge is 0.363 e.